The van der Waals surface area contributed by atoms with Crippen LogP contribution in [0.3, 0.4) is 0 Å². The van der Waals surface area contributed by atoms with Gasteiger partial charge in [0.2, 0.25) is 0 Å². The minimum Gasteiger partial charge on any atom is -0.465 e. The zero-order valence-electron chi connectivity index (χ0n) is 21.8. The van der Waals surface area contributed by atoms with Crippen LogP contribution in [0.2, 0.25) is 0 Å². The highest BCUT2D eigenvalue weighted by atomic mass is 19.4. The number of H-pyrrole nitrogens is 1. The molecule has 2 aromatic carbocycles. The van der Waals surface area contributed by atoms with E-state index >= 15 is 0 Å². The Morgan fingerprint density at radius 1 is 1.14 bits per heavy atom. The maximum absolute atomic E-state index is 13.7. The number of nitrogens with one attached hydrogen (secondary N) is 1. The van der Waals surface area contributed by atoms with E-state index in [-0.39, 0.29) is 28.5 Å². The van der Waals surface area contributed by atoms with Crippen LogP contribution < -0.4 is 4.74 Å². The third-order valence-corrected chi connectivity index (χ3v) is 7.27. The second-order valence-electron chi connectivity index (χ2n) is 11.8. The number of aromatic nitrogens is 2. The summed E-state index contributed by atoms with van der Waals surface area (Å²) in [6, 6.07) is 8.39. The maximum Gasteiger partial charge on any atom is 0.420 e. The summed E-state index contributed by atoms with van der Waals surface area (Å²) in [4.78, 5) is 20.8. The number of carboxylic acid groups (broad SMARTS) is 1. The highest BCUT2D eigenvalue weighted by Crippen LogP contribution is 2.45. The number of hydrogen-bond acceptors (Lipinski definition) is 3. The molecule has 37 heavy (non-hydrogen) atoms. The molecule has 1 amide bonds. The molecule has 9 heteroatoms. The van der Waals surface area contributed by atoms with Crippen molar-refractivity contribution >= 4 is 17.1 Å². The fraction of sp³-hybridized carbons (Fsp3) is 0.500. The molecular weight excluding hydrogens is 483 g/mol. The third kappa shape index (κ3) is 5.86. The number of benzene rings is 2. The molecule has 3 aromatic rings. The van der Waals surface area contributed by atoms with Gasteiger partial charge in [-0.2, -0.15) is 13.2 Å². The number of fused-ring (bicyclic) bond motifs is 1. The number of ether oxygens (including phenoxy) is 1. The fourth-order valence-electron chi connectivity index (χ4n) is 5.33. The van der Waals surface area contributed by atoms with E-state index in [0.717, 1.165) is 37.3 Å². The van der Waals surface area contributed by atoms with Gasteiger partial charge >= 0.3 is 12.3 Å². The lowest BCUT2D eigenvalue weighted by atomic mass is 9.73. The molecule has 0 aliphatic heterocycles. The van der Waals surface area contributed by atoms with Gasteiger partial charge in [-0.1, -0.05) is 46.8 Å². The molecule has 0 saturated heterocycles. The first-order valence-electron chi connectivity index (χ1n) is 12.5. The molecule has 4 rings (SSSR count). The van der Waals surface area contributed by atoms with E-state index in [2.05, 4.69) is 23.8 Å². The number of aromatic amines is 1. The average Bonchev–Trinajstić information content (AvgIpc) is 3.24. The molecular formula is C28H34F3N3O3. The molecule has 0 spiro atoms. The van der Waals surface area contributed by atoms with Gasteiger partial charge in [-0.25, -0.2) is 9.78 Å². The van der Waals surface area contributed by atoms with Crippen LogP contribution in [-0.2, 0) is 6.18 Å². The molecule has 1 aromatic heterocycles. The Morgan fingerprint density at radius 2 is 1.76 bits per heavy atom. The SMILES string of the molecule is CC1(C)CCC(N(C(=O)O)C(c2ccc(Oc3cc4[nH]cnc4cc3C(F)(F)F)cc2)C(C)(C)C)CC1. The van der Waals surface area contributed by atoms with E-state index in [1.165, 1.54) is 12.4 Å². The first-order valence-corrected chi connectivity index (χ1v) is 12.5. The van der Waals surface area contributed by atoms with E-state index in [9.17, 15) is 23.1 Å². The van der Waals surface area contributed by atoms with Crippen molar-refractivity contribution in [3.8, 4) is 11.5 Å². The van der Waals surface area contributed by atoms with Crippen molar-refractivity contribution in [2.24, 2.45) is 10.8 Å². The lowest BCUT2D eigenvalue weighted by molar-refractivity contribution is -0.138. The number of alkyl halides is 3. The smallest absolute Gasteiger partial charge is 0.420 e. The Hall–Kier alpha value is -3.23. The summed E-state index contributed by atoms with van der Waals surface area (Å²) < 4.78 is 46.8. The van der Waals surface area contributed by atoms with Crippen molar-refractivity contribution in [3.63, 3.8) is 0 Å². The Bertz CT molecular complexity index is 1250. The van der Waals surface area contributed by atoms with Crippen LogP contribution in [0.5, 0.6) is 11.5 Å². The van der Waals surface area contributed by atoms with Crippen molar-refractivity contribution < 1.29 is 27.8 Å². The summed E-state index contributed by atoms with van der Waals surface area (Å²) >= 11 is 0. The van der Waals surface area contributed by atoms with E-state index in [4.69, 9.17) is 4.74 Å². The van der Waals surface area contributed by atoms with E-state index < -0.39 is 29.3 Å². The topological polar surface area (TPSA) is 78.5 Å². The first kappa shape index (κ1) is 26.8. The van der Waals surface area contributed by atoms with Crippen molar-refractivity contribution in [2.75, 3.05) is 0 Å². The summed E-state index contributed by atoms with van der Waals surface area (Å²) in [7, 11) is 0. The Morgan fingerprint density at radius 3 is 2.30 bits per heavy atom. The number of nitrogens with zero attached hydrogens (tertiary/aromatic N) is 2. The molecule has 2 N–H and O–H groups in total. The summed E-state index contributed by atoms with van der Waals surface area (Å²) in [5, 5.41) is 10.3. The van der Waals surface area contributed by atoms with Crippen molar-refractivity contribution in [2.45, 2.75) is 78.6 Å². The van der Waals surface area contributed by atoms with Crippen LogP contribution in [0.15, 0.2) is 42.7 Å². The van der Waals surface area contributed by atoms with Crippen molar-refractivity contribution in [1.82, 2.24) is 14.9 Å². The summed E-state index contributed by atoms with van der Waals surface area (Å²) in [5.74, 6) is -0.108. The summed E-state index contributed by atoms with van der Waals surface area (Å²) in [6.45, 7) is 10.4. The average molecular weight is 518 g/mol. The Labute approximate surface area is 214 Å². The number of carbonyl (C=O) groups is 1. The highest BCUT2D eigenvalue weighted by Gasteiger charge is 2.41. The van der Waals surface area contributed by atoms with Crippen LogP contribution in [0.4, 0.5) is 18.0 Å². The molecule has 0 bridgehead atoms. The van der Waals surface area contributed by atoms with Crippen LogP contribution in [0.1, 0.15) is 77.5 Å². The summed E-state index contributed by atoms with van der Waals surface area (Å²) in [5.41, 5.74) is 0.269. The Kier molecular flexibility index (Phi) is 6.94. The van der Waals surface area contributed by atoms with Gasteiger partial charge in [0, 0.05) is 12.1 Å². The van der Waals surface area contributed by atoms with Gasteiger partial charge in [0.05, 0.1) is 23.4 Å². The monoisotopic (exact) mass is 517 g/mol. The van der Waals surface area contributed by atoms with Crippen LogP contribution in [-0.4, -0.2) is 32.1 Å². The van der Waals surface area contributed by atoms with Gasteiger partial charge < -0.3 is 14.8 Å². The molecule has 200 valence electrons. The standard InChI is InChI=1S/C28H34F3N3O3/c1-26(2,3)24(34(25(35)36)18-10-12-27(4,5)13-11-18)17-6-8-19(9-7-17)37-23-15-22-21(32-16-33-22)14-20(23)28(29,30)31/h6-9,14-16,18,24H,10-13H2,1-5H3,(H,32,33)(H,35,36). The summed E-state index contributed by atoms with van der Waals surface area (Å²) in [6.07, 6.45) is -0.756. The zero-order valence-corrected chi connectivity index (χ0v) is 21.8. The minimum absolute atomic E-state index is 0.0962. The van der Waals surface area contributed by atoms with Crippen LogP contribution >= 0.6 is 0 Å². The van der Waals surface area contributed by atoms with E-state index in [0.29, 0.717) is 5.52 Å². The second kappa shape index (κ2) is 9.58. The minimum atomic E-state index is -4.61. The van der Waals surface area contributed by atoms with Crippen LogP contribution in [0, 0.1) is 10.8 Å². The van der Waals surface area contributed by atoms with Gasteiger partial charge in [0.15, 0.2) is 0 Å². The predicted octanol–water partition coefficient (Wildman–Crippen LogP) is 8.41. The predicted molar refractivity (Wildman–Crippen MR) is 136 cm³/mol. The number of amides is 1. The first-order chi connectivity index (χ1) is 17.2. The largest absolute Gasteiger partial charge is 0.465 e. The van der Waals surface area contributed by atoms with E-state index in [1.54, 1.807) is 29.2 Å². The molecule has 1 atom stereocenters. The number of imidazole rings is 1. The number of halogens is 3. The highest BCUT2D eigenvalue weighted by molar-refractivity contribution is 5.78. The maximum atomic E-state index is 13.7. The second-order valence-corrected chi connectivity index (χ2v) is 11.8. The van der Waals surface area contributed by atoms with Crippen molar-refractivity contribution in [1.29, 1.82) is 0 Å². The lowest BCUT2D eigenvalue weighted by Crippen LogP contribution is -2.48. The molecule has 1 aliphatic rings. The lowest BCUT2D eigenvalue weighted by Gasteiger charge is -2.46. The van der Waals surface area contributed by atoms with Gasteiger partial charge in [-0.15, -0.1) is 0 Å². The van der Waals surface area contributed by atoms with Crippen molar-refractivity contribution in [3.05, 3.63) is 53.9 Å². The van der Waals surface area contributed by atoms with E-state index in [1.807, 2.05) is 20.8 Å². The Balaban J connectivity index is 1.64. The molecule has 1 fully saturated rings. The quantitative estimate of drug-likeness (QED) is 0.356. The molecule has 1 heterocycles. The number of hydrogen-bond donors (Lipinski definition) is 2. The van der Waals surface area contributed by atoms with Gasteiger partial charge in [0.25, 0.3) is 0 Å². The number of rotatable bonds is 5. The van der Waals surface area contributed by atoms with Gasteiger partial charge in [-0.3, -0.25) is 4.90 Å². The van der Waals surface area contributed by atoms with Gasteiger partial charge in [0.1, 0.15) is 17.1 Å². The molecule has 1 unspecified atom stereocenters. The zero-order chi connectivity index (χ0) is 27.2. The van der Waals surface area contributed by atoms with Gasteiger partial charge in [-0.05, 0) is 60.3 Å². The molecule has 6 nitrogen and oxygen atoms in total. The normalized spacial score (nSPS) is 17.5. The fourth-order valence-corrected chi connectivity index (χ4v) is 5.33. The third-order valence-electron chi connectivity index (χ3n) is 7.27. The molecule has 1 aliphatic carbocycles. The molecule has 0 radical (unpaired) electrons. The van der Waals surface area contributed by atoms with Crippen LogP contribution in [0.25, 0.3) is 11.0 Å². The molecule has 1 saturated carbocycles.